The van der Waals surface area contributed by atoms with Crippen molar-refractivity contribution in [3.8, 4) is 0 Å². The van der Waals surface area contributed by atoms with Gasteiger partial charge in [0.1, 0.15) is 6.10 Å². The summed E-state index contributed by atoms with van der Waals surface area (Å²) >= 11 is 0. The van der Waals surface area contributed by atoms with E-state index >= 15 is 0 Å². The van der Waals surface area contributed by atoms with E-state index < -0.39 is 0 Å². The quantitative estimate of drug-likeness (QED) is 0.584. The van der Waals surface area contributed by atoms with Crippen molar-refractivity contribution in [1.29, 1.82) is 0 Å². The van der Waals surface area contributed by atoms with Gasteiger partial charge in [-0.3, -0.25) is 4.99 Å². The van der Waals surface area contributed by atoms with Crippen LogP contribution in [0.5, 0.6) is 0 Å². The molecule has 5 nitrogen and oxygen atoms in total. The maximum Gasteiger partial charge on any atom is 0.194 e. The number of hydrogen-bond acceptors (Lipinski definition) is 3. The van der Waals surface area contributed by atoms with E-state index in [-0.39, 0.29) is 11.5 Å². The third-order valence-corrected chi connectivity index (χ3v) is 6.60. The summed E-state index contributed by atoms with van der Waals surface area (Å²) in [5, 5.41) is 3.54. The molecule has 1 atom stereocenters. The van der Waals surface area contributed by atoms with Crippen LogP contribution in [0.2, 0.25) is 0 Å². The second-order valence-corrected chi connectivity index (χ2v) is 8.59. The van der Waals surface area contributed by atoms with E-state index in [4.69, 9.17) is 14.5 Å². The van der Waals surface area contributed by atoms with Gasteiger partial charge in [0.15, 0.2) is 5.96 Å². The van der Waals surface area contributed by atoms with E-state index in [1.807, 2.05) is 0 Å². The third-order valence-electron chi connectivity index (χ3n) is 6.60. The Hall–Kier alpha value is -2.37. The van der Waals surface area contributed by atoms with Crippen LogP contribution in [0.3, 0.4) is 0 Å². The predicted octanol–water partition coefficient (Wildman–Crippen LogP) is 4.08. The molecule has 2 aliphatic rings. The lowest BCUT2D eigenvalue weighted by Crippen LogP contribution is -2.49. The summed E-state index contributed by atoms with van der Waals surface area (Å²) in [6, 6.07) is 19.4. The van der Waals surface area contributed by atoms with Crippen LogP contribution in [0.1, 0.15) is 42.6 Å². The molecule has 1 N–H and O–H groups in total. The summed E-state index contributed by atoms with van der Waals surface area (Å²) in [7, 11) is 0. The average molecular weight is 422 g/mol. The largest absolute Gasteiger partial charge is 0.381 e. The fourth-order valence-corrected chi connectivity index (χ4v) is 4.72. The molecule has 1 unspecified atom stereocenters. The SMILES string of the molecule is CCNC(=NCC1(c2ccccc2)CCOCC1)N1CCOC(c2ccccc2C)C1. The molecule has 2 saturated heterocycles. The zero-order valence-electron chi connectivity index (χ0n) is 18.8. The van der Waals surface area contributed by atoms with E-state index in [9.17, 15) is 0 Å². The van der Waals surface area contributed by atoms with Crippen molar-refractivity contribution in [2.75, 3.05) is 46.0 Å². The Morgan fingerprint density at radius 2 is 1.81 bits per heavy atom. The van der Waals surface area contributed by atoms with Crippen LogP contribution in [0.4, 0.5) is 0 Å². The molecule has 4 rings (SSSR count). The van der Waals surface area contributed by atoms with Gasteiger partial charge in [-0.2, -0.15) is 0 Å². The summed E-state index contributed by atoms with van der Waals surface area (Å²) in [5.41, 5.74) is 3.97. The number of hydrogen-bond donors (Lipinski definition) is 1. The molecular weight excluding hydrogens is 386 g/mol. The minimum absolute atomic E-state index is 0.0435. The Labute approximate surface area is 186 Å². The first-order valence-electron chi connectivity index (χ1n) is 11.6. The first kappa shape index (κ1) is 21.8. The maximum absolute atomic E-state index is 6.15. The number of guanidine groups is 1. The lowest BCUT2D eigenvalue weighted by Gasteiger charge is -2.38. The number of aliphatic imine (C=N–C) groups is 1. The van der Waals surface area contributed by atoms with E-state index in [1.165, 1.54) is 16.7 Å². The van der Waals surface area contributed by atoms with Gasteiger partial charge in [-0.25, -0.2) is 0 Å². The summed E-state index contributed by atoms with van der Waals surface area (Å²) in [6.45, 7) is 9.90. The summed E-state index contributed by atoms with van der Waals surface area (Å²) in [4.78, 5) is 7.54. The van der Waals surface area contributed by atoms with Crippen LogP contribution in [0.15, 0.2) is 59.6 Å². The molecule has 2 aromatic carbocycles. The Morgan fingerprint density at radius 3 is 2.55 bits per heavy atom. The molecule has 0 bridgehead atoms. The number of benzene rings is 2. The molecular formula is C26H35N3O2. The van der Waals surface area contributed by atoms with Gasteiger partial charge in [0.2, 0.25) is 0 Å². The molecule has 0 amide bonds. The topological polar surface area (TPSA) is 46.1 Å². The van der Waals surface area contributed by atoms with Crippen molar-refractivity contribution in [1.82, 2.24) is 10.2 Å². The number of nitrogens with one attached hydrogen (secondary N) is 1. The van der Waals surface area contributed by atoms with Crippen LogP contribution in [0, 0.1) is 6.92 Å². The first-order chi connectivity index (χ1) is 15.2. The van der Waals surface area contributed by atoms with Crippen molar-refractivity contribution in [3.63, 3.8) is 0 Å². The van der Waals surface area contributed by atoms with E-state index in [0.29, 0.717) is 6.61 Å². The summed E-state index contributed by atoms with van der Waals surface area (Å²) < 4.78 is 11.8. The van der Waals surface area contributed by atoms with Gasteiger partial charge < -0.3 is 19.7 Å². The first-order valence-corrected chi connectivity index (χ1v) is 11.6. The van der Waals surface area contributed by atoms with Crippen LogP contribution in [0.25, 0.3) is 0 Å². The average Bonchev–Trinajstić information content (AvgIpc) is 2.83. The van der Waals surface area contributed by atoms with Gasteiger partial charge >= 0.3 is 0 Å². The molecule has 0 saturated carbocycles. The monoisotopic (exact) mass is 421 g/mol. The van der Waals surface area contributed by atoms with Crippen molar-refractivity contribution < 1.29 is 9.47 Å². The van der Waals surface area contributed by atoms with Crippen molar-refractivity contribution in [2.24, 2.45) is 4.99 Å². The highest BCUT2D eigenvalue weighted by atomic mass is 16.5. The molecule has 166 valence electrons. The van der Waals surface area contributed by atoms with Crippen molar-refractivity contribution >= 4 is 5.96 Å². The van der Waals surface area contributed by atoms with Gasteiger partial charge in [-0.1, -0.05) is 54.6 Å². The Balaban J connectivity index is 1.55. The lowest BCUT2D eigenvalue weighted by atomic mass is 9.74. The molecule has 0 aliphatic carbocycles. The fourth-order valence-electron chi connectivity index (χ4n) is 4.72. The van der Waals surface area contributed by atoms with Crippen LogP contribution in [-0.4, -0.2) is 56.9 Å². The molecule has 0 spiro atoms. The zero-order chi connectivity index (χ0) is 21.5. The molecule has 31 heavy (non-hydrogen) atoms. The Bertz CT molecular complexity index is 862. The van der Waals surface area contributed by atoms with E-state index in [1.54, 1.807) is 0 Å². The Morgan fingerprint density at radius 1 is 1.06 bits per heavy atom. The predicted molar refractivity (Wildman–Crippen MR) is 126 cm³/mol. The van der Waals surface area contributed by atoms with Gasteiger partial charge in [-0.05, 0) is 43.4 Å². The highest BCUT2D eigenvalue weighted by molar-refractivity contribution is 5.80. The Kier molecular flexibility index (Phi) is 7.25. The number of ether oxygens (including phenoxy) is 2. The molecule has 2 aromatic rings. The number of aryl methyl sites for hydroxylation is 1. The number of nitrogens with zero attached hydrogens (tertiary/aromatic N) is 2. The van der Waals surface area contributed by atoms with E-state index in [0.717, 1.165) is 58.2 Å². The minimum Gasteiger partial charge on any atom is -0.381 e. The molecule has 0 radical (unpaired) electrons. The van der Waals surface area contributed by atoms with Crippen LogP contribution in [-0.2, 0) is 14.9 Å². The molecule has 2 aliphatic heterocycles. The normalized spacial score (nSPS) is 21.7. The highest BCUT2D eigenvalue weighted by Crippen LogP contribution is 2.35. The van der Waals surface area contributed by atoms with Crippen LogP contribution < -0.4 is 5.32 Å². The molecule has 2 heterocycles. The van der Waals surface area contributed by atoms with E-state index in [2.05, 4.69) is 78.7 Å². The maximum atomic E-state index is 6.15. The standard InChI is InChI=1S/C26H35N3O2/c1-3-27-25(29-15-18-31-24(19-29)23-12-8-7-9-21(23)2)28-20-26(13-16-30-17-14-26)22-10-5-4-6-11-22/h4-12,24H,3,13-20H2,1-2H3,(H,27,28). The van der Waals surface area contributed by atoms with Gasteiger partial charge in [0, 0.05) is 31.7 Å². The summed E-state index contributed by atoms with van der Waals surface area (Å²) in [5.74, 6) is 0.992. The van der Waals surface area contributed by atoms with Gasteiger partial charge in [0.25, 0.3) is 0 Å². The second-order valence-electron chi connectivity index (χ2n) is 8.59. The minimum atomic E-state index is 0.0435. The van der Waals surface area contributed by atoms with Crippen molar-refractivity contribution in [3.05, 3.63) is 71.3 Å². The molecule has 5 heteroatoms. The molecule has 0 aromatic heterocycles. The number of morpholine rings is 1. The smallest absolute Gasteiger partial charge is 0.194 e. The van der Waals surface area contributed by atoms with Gasteiger partial charge in [0.05, 0.1) is 19.7 Å². The number of rotatable bonds is 5. The zero-order valence-corrected chi connectivity index (χ0v) is 18.8. The van der Waals surface area contributed by atoms with Crippen LogP contribution >= 0.6 is 0 Å². The summed E-state index contributed by atoms with van der Waals surface area (Å²) in [6.07, 6.45) is 2.09. The molecule has 2 fully saturated rings. The third kappa shape index (κ3) is 5.10. The second kappa shape index (κ2) is 10.3. The fraction of sp³-hybridized carbons (Fsp3) is 0.500. The van der Waals surface area contributed by atoms with Gasteiger partial charge in [-0.15, -0.1) is 0 Å². The van der Waals surface area contributed by atoms with Crippen molar-refractivity contribution in [2.45, 2.75) is 38.2 Å². The highest BCUT2D eigenvalue weighted by Gasteiger charge is 2.35. The lowest BCUT2D eigenvalue weighted by molar-refractivity contribution is -0.00844.